The Morgan fingerprint density at radius 2 is 1.69 bits per heavy atom. The zero-order valence-electron chi connectivity index (χ0n) is 11.5. The van der Waals surface area contributed by atoms with Crippen molar-refractivity contribution in [3.05, 3.63) is 0 Å². The Kier molecular flexibility index (Phi) is 3.51. The fraction of sp³-hybridized carbons (Fsp3) is 0.923. The molecule has 1 aliphatic rings. The van der Waals surface area contributed by atoms with Gasteiger partial charge < -0.3 is 5.73 Å². The molecule has 0 aliphatic carbocycles. The average molecular weight is 226 g/mol. The van der Waals surface area contributed by atoms with Crippen LogP contribution in [0.25, 0.3) is 0 Å². The number of nitrogens with zero attached hydrogens (tertiary/aromatic N) is 1. The third-order valence-electron chi connectivity index (χ3n) is 3.24. The van der Waals surface area contributed by atoms with Crippen LogP contribution in [0.4, 0.5) is 0 Å². The second-order valence-corrected chi connectivity index (χ2v) is 6.95. The molecule has 0 bridgehead atoms. The lowest BCUT2D eigenvalue weighted by atomic mass is 9.84. The number of carbonyl (C=O) groups is 1. The quantitative estimate of drug-likeness (QED) is 0.741. The standard InChI is InChI=1S/C13H26N2O/c1-12(2,3)11(16)10-7-9(14)8-15(10)13(4,5)6/h9-10H,7-8,14H2,1-6H3/t9?,10-/m0/s1. The molecule has 1 unspecified atom stereocenters. The second kappa shape index (κ2) is 4.11. The van der Waals surface area contributed by atoms with Crippen LogP contribution in [0, 0.1) is 5.41 Å². The predicted octanol–water partition coefficient (Wildman–Crippen LogP) is 1.80. The molecule has 1 saturated heterocycles. The summed E-state index contributed by atoms with van der Waals surface area (Å²) in [5, 5.41) is 0. The van der Waals surface area contributed by atoms with E-state index in [0.717, 1.165) is 13.0 Å². The van der Waals surface area contributed by atoms with Crippen LogP contribution in [0.3, 0.4) is 0 Å². The number of hydrogen-bond donors (Lipinski definition) is 1. The van der Waals surface area contributed by atoms with Gasteiger partial charge in [0.15, 0.2) is 5.78 Å². The summed E-state index contributed by atoms with van der Waals surface area (Å²) < 4.78 is 0. The topological polar surface area (TPSA) is 46.3 Å². The van der Waals surface area contributed by atoms with Gasteiger partial charge in [0.2, 0.25) is 0 Å². The van der Waals surface area contributed by atoms with E-state index < -0.39 is 0 Å². The fourth-order valence-corrected chi connectivity index (χ4v) is 2.36. The molecule has 1 aliphatic heterocycles. The zero-order chi connectivity index (χ0) is 12.7. The van der Waals surface area contributed by atoms with Crippen molar-refractivity contribution in [2.45, 2.75) is 65.6 Å². The van der Waals surface area contributed by atoms with Crippen LogP contribution in [0.15, 0.2) is 0 Å². The van der Waals surface area contributed by atoms with Crippen molar-refractivity contribution < 1.29 is 4.79 Å². The van der Waals surface area contributed by atoms with Crippen LogP contribution in [0.1, 0.15) is 48.0 Å². The van der Waals surface area contributed by atoms with Gasteiger partial charge in [0.25, 0.3) is 0 Å². The summed E-state index contributed by atoms with van der Waals surface area (Å²) in [5.41, 5.74) is 5.73. The Balaban J connectivity index is 2.91. The number of likely N-dealkylation sites (tertiary alicyclic amines) is 1. The molecule has 16 heavy (non-hydrogen) atoms. The van der Waals surface area contributed by atoms with E-state index in [1.54, 1.807) is 0 Å². The molecule has 0 amide bonds. The van der Waals surface area contributed by atoms with E-state index in [4.69, 9.17) is 5.73 Å². The van der Waals surface area contributed by atoms with Gasteiger partial charge in [-0.2, -0.15) is 0 Å². The van der Waals surface area contributed by atoms with Crippen molar-refractivity contribution in [1.82, 2.24) is 4.90 Å². The Labute approximate surface area is 99.4 Å². The molecule has 0 spiro atoms. The number of hydrogen-bond acceptors (Lipinski definition) is 3. The first kappa shape index (κ1) is 13.7. The summed E-state index contributed by atoms with van der Waals surface area (Å²) in [4.78, 5) is 14.6. The minimum absolute atomic E-state index is 0.00463. The number of rotatable bonds is 1. The van der Waals surface area contributed by atoms with Crippen LogP contribution in [-0.2, 0) is 4.79 Å². The van der Waals surface area contributed by atoms with Gasteiger partial charge in [-0.15, -0.1) is 0 Å². The van der Waals surface area contributed by atoms with Crippen molar-refractivity contribution in [3.8, 4) is 0 Å². The van der Waals surface area contributed by atoms with Crippen LogP contribution in [0.2, 0.25) is 0 Å². The van der Waals surface area contributed by atoms with Gasteiger partial charge in [0.05, 0.1) is 6.04 Å². The first-order chi connectivity index (χ1) is 7.03. The monoisotopic (exact) mass is 226 g/mol. The third kappa shape index (κ3) is 2.83. The largest absolute Gasteiger partial charge is 0.326 e. The summed E-state index contributed by atoms with van der Waals surface area (Å²) in [5.74, 6) is 0.315. The number of Topliss-reactive ketones (excluding diaryl/α,β-unsaturated/α-hetero) is 1. The van der Waals surface area contributed by atoms with Crippen molar-refractivity contribution in [1.29, 1.82) is 0 Å². The Morgan fingerprint density at radius 1 is 1.19 bits per heavy atom. The predicted molar refractivity (Wildman–Crippen MR) is 67.3 cm³/mol. The Morgan fingerprint density at radius 3 is 2.06 bits per heavy atom. The molecule has 3 heteroatoms. The number of nitrogens with two attached hydrogens (primary N) is 1. The molecule has 2 N–H and O–H groups in total. The molecule has 0 radical (unpaired) electrons. The van der Waals surface area contributed by atoms with E-state index in [2.05, 4.69) is 25.7 Å². The van der Waals surface area contributed by atoms with E-state index in [1.807, 2.05) is 20.8 Å². The van der Waals surface area contributed by atoms with Gasteiger partial charge in [-0.1, -0.05) is 20.8 Å². The minimum Gasteiger partial charge on any atom is -0.326 e. The third-order valence-corrected chi connectivity index (χ3v) is 3.24. The minimum atomic E-state index is -0.280. The summed E-state index contributed by atoms with van der Waals surface area (Å²) in [6.07, 6.45) is 0.799. The zero-order valence-corrected chi connectivity index (χ0v) is 11.5. The van der Waals surface area contributed by atoms with Gasteiger partial charge in [0.1, 0.15) is 0 Å². The van der Waals surface area contributed by atoms with Crippen molar-refractivity contribution >= 4 is 5.78 Å². The molecule has 3 nitrogen and oxygen atoms in total. The highest BCUT2D eigenvalue weighted by molar-refractivity contribution is 5.89. The molecule has 0 aromatic carbocycles. The molecular formula is C13H26N2O. The highest BCUT2D eigenvalue weighted by atomic mass is 16.1. The molecule has 94 valence electrons. The Hall–Kier alpha value is -0.410. The molecule has 1 heterocycles. The normalized spacial score (nSPS) is 28.4. The first-order valence-corrected chi connectivity index (χ1v) is 6.10. The summed E-state index contributed by atoms with van der Waals surface area (Å²) in [6, 6.07) is 0.130. The summed E-state index contributed by atoms with van der Waals surface area (Å²) >= 11 is 0. The molecule has 0 aromatic rings. The van der Waals surface area contributed by atoms with Crippen molar-refractivity contribution in [2.75, 3.05) is 6.54 Å². The van der Waals surface area contributed by atoms with Crippen LogP contribution >= 0.6 is 0 Å². The van der Waals surface area contributed by atoms with Gasteiger partial charge in [-0.05, 0) is 27.2 Å². The van der Waals surface area contributed by atoms with Gasteiger partial charge >= 0.3 is 0 Å². The van der Waals surface area contributed by atoms with Crippen LogP contribution < -0.4 is 5.73 Å². The maximum absolute atomic E-state index is 12.4. The highest BCUT2D eigenvalue weighted by Gasteiger charge is 2.43. The van der Waals surface area contributed by atoms with E-state index in [1.165, 1.54) is 0 Å². The molecule has 0 saturated carbocycles. The fourth-order valence-electron chi connectivity index (χ4n) is 2.36. The SMILES string of the molecule is CC(C)(C)C(=O)[C@@H]1CC(N)CN1C(C)(C)C. The molecule has 2 atom stereocenters. The van der Waals surface area contributed by atoms with Gasteiger partial charge in [0, 0.05) is 23.5 Å². The van der Waals surface area contributed by atoms with E-state index in [-0.39, 0.29) is 23.0 Å². The first-order valence-electron chi connectivity index (χ1n) is 6.10. The van der Waals surface area contributed by atoms with Crippen molar-refractivity contribution in [2.24, 2.45) is 11.1 Å². The lowest BCUT2D eigenvalue weighted by molar-refractivity contribution is -0.132. The maximum atomic E-state index is 12.4. The summed E-state index contributed by atoms with van der Waals surface area (Å²) in [6.45, 7) is 13.2. The van der Waals surface area contributed by atoms with Crippen molar-refractivity contribution in [3.63, 3.8) is 0 Å². The number of ketones is 1. The number of carbonyl (C=O) groups excluding carboxylic acids is 1. The van der Waals surface area contributed by atoms with E-state index in [9.17, 15) is 4.79 Å². The molecule has 1 fully saturated rings. The maximum Gasteiger partial charge on any atom is 0.155 e. The molecular weight excluding hydrogens is 200 g/mol. The highest BCUT2D eigenvalue weighted by Crippen LogP contribution is 2.31. The summed E-state index contributed by atoms with van der Waals surface area (Å²) in [7, 11) is 0. The Bertz CT molecular complexity index is 273. The van der Waals surface area contributed by atoms with Gasteiger partial charge in [-0.3, -0.25) is 9.69 Å². The van der Waals surface area contributed by atoms with Crippen LogP contribution in [-0.4, -0.2) is 34.9 Å². The smallest absolute Gasteiger partial charge is 0.155 e. The lowest BCUT2D eigenvalue weighted by Gasteiger charge is -2.38. The second-order valence-electron chi connectivity index (χ2n) is 6.95. The average Bonchev–Trinajstić information content (AvgIpc) is 2.43. The molecule has 0 aromatic heterocycles. The van der Waals surface area contributed by atoms with Gasteiger partial charge in [-0.25, -0.2) is 0 Å². The van der Waals surface area contributed by atoms with E-state index in [0.29, 0.717) is 5.78 Å². The molecule has 1 rings (SSSR count). The van der Waals surface area contributed by atoms with E-state index >= 15 is 0 Å². The lowest BCUT2D eigenvalue weighted by Crippen LogP contribution is -2.50. The van der Waals surface area contributed by atoms with Crippen LogP contribution in [0.5, 0.6) is 0 Å².